The summed E-state index contributed by atoms with van der Waals surface area (Å²) in [7, 11) is 3.09. The molecule has 23 heavy (non-hydrogen) atoms. The lowest BCUT2D eigenvalue weighted by atomic mass is 9.90. The molecule has 0 unspecified atom stereocenters. The second-order valence-corrected chi connectivity index (χ2v) is 5.89. The molecule has 1 heterocycles. The Morgan fingerprint density at radius 1 is 1.22 bits per heavy atom. The zero-order valence-corrected chi connectivity index (χ0v) is 13.6. The first-order valence-corrected chi connectivity index (χ1v) is 7.14. The van der Waals surface area contributed by atoms with Gasteiger partial charge in [-0.2, -0.15) is 0 Å². The normalized spacial score (nSPS) is 19.5. The van der Waals surface area contributed by atoms with Crippen LogP contribution >= 0.6 is 0 Å². The summed E-state index contributed by atoms with van der Waals surface area (Å²) in [5.74, 6) is 0.0965. The number of esters is 2. The third kappa shape index (κ3) is 4.03. The van der Waals surface area contributed by atoms with Crippen LogP contribution in [0.3, 0.4) is 0 Å². The van der Waals surface area contributed by atoms with E-state index in [0.717, 1.165) is 0 Å². The Labute approximate surface area is 135 Å². The topological polar surface area (TPSA) is 71.1 Å². The molecule has 0 N–H and O–H groups in total. The molecule has 0 radical (unpaired) electrons. The van der Waals surface area contributed by atoms with Crippen molar-refractivity contribution in [3.8, 4) is 11.5 Å². The fourth-order valence-electron chi connectivity index (χ4n) is 2.18. The fraction of sp³-hybridized carbons (Fsp3) is 0.412. The van der Waals surface area contributed by atoms with Crippen LogP contribution in [0.4, 0.5) is 0 Å². The van der Waals surface area contributed by atoms with Crippen molar-refractivity contribution in [1.29, 1.82) is 0 Å². The van der Waals surface area contributed by atoms with E-state index < -0.39 is 23.5 Å². The Balaban J connectivity index is 2.08. The van der Waals surface area contributed by atoms with Gasteiger partial charge in [0.05, 0.1) is 14.2 Å². The van der Waals surface area contributed by atoms with Crippen LogP contribution in [0, 0.1) is 5.41 Å². The summed E-state index contributed by atoms with van der Waals surface area (Å²) in [6, 6.07) is 5.23. The molecule has 0 aromatic heterocycles. The van der Waals surface area contributed by atoms with Crippen molar-refractivity contribution in [3.05, 3.63) is 29.8 Å². The SMILES string of the molecule is COc1cc(C=CC(=O)O[C@H]2C(=O)OCC2(C)C)cc(OC)c1. The number of hydrogen-bond acceptors (Lipinski definition) is 6. The van der Waals surface area contributed by atoms with Gasteiger partial charge in [-0.3, -0.25) is 0 Å². The lowest BCUT2D eigenvalue weighted by molar-refractivity contribution is -0.159. The molecule has 0 amide bonds. The van der Waals surface area contributed by atoms with Crippen LogP contribution in [0.2, 0.25) is 0 Å². The van der Waals surface area contributed by atoms with E-state index in [1.165, 1.54) is 6.08 Å². The van der Waals surface area contributed by atoms with Gasteiger partial charge in [-0.25, -0.2) is 9.59 Å². The number of ether oxygens (including phenoxy) is 4. The minimum atomic E-state index is -0.889. The van der Waals surface area contributed by atoms with Gasteiger partial charge in [-0.15, -0.1) is 0 Å². The third-order valence-electron chi connectivity index (χ3n) is 3.53. The summed E-state index contributed by atoms with van der Waals surface area (Å²) in [5, 5.41) is 0. The second-order valence-electron chi connectivity index (χ2n) is 5.89. The summed E-state index contributed by atoms with van der Waals surface area (Å²) in [5.41, 5.74) is 0.186. The van der Waals surface area contributed by atoms with Crippen LogP contribution in [0.15, 0.2) is 24.3 Å². The van der Waals surface area contributed by atoms with Gasteiger partial charge in [-0.05, 0) is 23.8 Å². The van der Waals surface area contributed by atoms with Gasteiger partial charge in [-0.1, -0.05) is 13.8 Å². The molecule has 0 bridgehead atoms. The van der Waals surface area contributed by atoms with Gasteiger partial charge < -0.3 is 18.9 Å². The Hall–Kier alpha value is -2.50. The average Bonchev–Trinajstić information content (AvgIpc) is 2.79. The molecule has 1 aliphatic heterocycles. The first-order valence-electron chi connectivity index (χ1n) is 7.14. The number of benzene rings is 1. The Bertz CT molecular complexity index is 610. The van der Waals surface area contributed by atoms with Crippen molar-refractivity contribution in [2.24, 2.45) is 5.41 Å². The van der Waals surface area contributed by atoms with Crippen molar-refractivity contribution in [2.45, 2.75) is 20.0 Å². The maximum atomic E-state index is 11.9. The van der Waals surface area contributed by atoms with Gasteiger partial charge in [0, 0.05) is 17.6 Å². The van der Waals surface area contributed by atoms with Crippen molar-refractivity contribution < 1.29 is 28.5 Å². The number of methoxy groups -OCH3 is 2. The van der Waals surface area contributed by atoms with Crippen LogP contribution in [0.25, 0.3) is 6.08 Å². The van der Waals surface area contributed by atoms with E-state index in [1.807, 2.05) is 13.8 Å². The molecule has 0 spiro atoms. The van der Waals surface area contributed by atoms with Crippen molar-refractivity contribution >= 4 is 18.0 Å². The Morgan fingerprint density at radius 2 is 1.83 bits per heavy atom. The van der Waals surface area contributed by atoms with E-state index in [2.05, 4.69) is 0 Å². The van der Waals surface area contributed by atoms with E-state index in [0.29, 0.717) is 17.1 Å². The Kier molecular flexibility index (Phi) is 4.93. The predicted molar refractivity (Wildman–Crippen MR) is 83.2 cm³/mol. The average molecular weight is 320 g/mol. The number of carbonyl (C=O) groups excluding carboxylic acids is 2. The van der Waals surface area contributed by atoms with Crippen molar-refractivity contribution in [2.75, 3.05) is 20.8 Å². The van der Waals surface area contributed by atoms with Gasteiger partial charge in [0.15, 0.2) is 0 Å². The van der Waals surface area contributed by atoms with E-state index in [4.69, 9.17) is 18.9 Å². The summed E-state index contributed by atoms with van der Waals surface area (Å²) in [6.07, 6.45) is 1.94. The minimum Gasteiger partial charge on any atom is -0.497 e. The number of rotatable bonds is 5. The smallest absolute Gasteiger partial charge is 0.348 e. The van der Waals surface area contributed by atoms with E-state index in [1.54, 1.807) is 38.5 Å². The van der Waals surface area contributed by atoms with E-state index >= 15 is 0 Å². The number of hydrogen-bond donors (Lipinski definition) is 0. The minimum absolute atomic E-state index is 0.237. The first-order chi connectivity index (χ1) is 10.9. The molecule has 1 fully saturated rings. The highest BCUT2D eigenvalue weighted by molar-refractivity contribution is 5.90. The highest BCUT2D eigenvalue weighted by atomic mass is 16.6. The molecule has 1 atom stereocenters. The van der Waals surface area contributed by atoms with Crippen LogP contribution < -0.4 is 9.47 Å². The highest BCUT2D eigenvalue weighted by Gasteiger charge is 2.46. The summed E-state index contributed by atoms with van der Waals surface area (Å²) >= 11 is 0. The third-order valence-corrected chi connectivity index (χ3v) is 3.53. The summed E-state index contributed by atoms with van der Waals surface area (Å²) in [4.78, 5) is 23.5. The standard InChI is InChI=1S/C17H20O6/c1-17(2)10-22-16(19)15(17)23-14(18)6-5-11-7-12(20-3)9-13(8-11)21-4/h5-9,15H,10H2,1-4H3/t15-/m0/s1. The van der Waals surface area contributed by atoms with E-state index in [9.17, 15) is 9.59 Å². The van der Waals surface area contributed by atoms with Gasteiger partial charge in [0.1, 0.15) is 18.1 Å². The Morgan fingerprint density at radius 3 is 2.30 bits per heavy atom. The lowest BCUT2D eigenvalue weighted by Crippen LogP contribution is -2.34. The molecule has 6 heteroatoms. The number of carbonyl (C=O) groups is 2. The van der Waals surface area contributed by atoms with Gasteiger partial charge in [0.25, 0.3) is 0 Å². The molecular formula is C17H20O6. The van der Waals surface area contributed by atoms with Gasteiger partial charge in [0.2, 0.25) is 6.10 Å². The molecule has 6 nitrogen and oxygen atoms in total. The zero-order chi connectivity index (χ0) is 17.0. The maximum absolute atomic E-state index is 11.9. The van der Waals surface area contributed by atoms with Crippen LogP contribution in [-0.2, 0) is 19.1 Å². The van der Waals surface area contributed by atoms with Crippen LogP contribution in [-0.4, -0.2) is 38.9 Å². The van der Waals surface area contributed by atoms with E-state index in [-0.39, 0.29) is 6.61 Å². The first kappa shape index (κ1) is 16.9. The molecule has 2 rings (SSSR count). The quantitative estimate of drug-likeness (QED) is 0.612. The maximum Gasteiger partial charge on any atom is 0.348 e. The van der Waals surface area contributed by atoms with Crippen LogP contribution in [0.5, 0.6) is 11.5 Å². The zero-order valence-electron chi connectivity index (χ0n) is 13.6. The molecule has 1 aromatic carbocycles. The fourth-order valence-corrected chi connectivity index (χ4v) is 2.18. The number of cyclic esters (lactones) is 1. The summed E-state index contributed by atoms with van der Waals surface area (Å²) < 4.78 is 20.5. The molecular weight excluding hydrogens is 300 g/mol. The molecule has 124 valence electrons. The molecule has 0 aliphatic carbocycles. The largest absolute Gasteiger partial charge is 0.497 e. The molecule has 1 aliphatic rings. The molecule has 0 saturated carbocycles. The van der Waals surface area contributed by atoms with Gasteiger partial charge >= 0.3 is 11.9 Å². The monoisotopic (exact) mass is 320 g/mol. The van der Waals surface area contributed by atoms with Crippen molar-refractivity contribution in [1.82, 2.24) is 0 Å². The highest BCUT2D eigenvalue weighted by Crippen LogP contribution is 2.31. The van der Waals surface area contributed by atoms with Crippen LogP contribution in [0.1, 0.15) is 19.4 Å². The lowest BCUT2D eigenvalue weighted by Gasteiger charge is -2.20. The predicted octanol–water partition coefficient (Wildman–Crippen LogP) is 2.21. The van der Waals surface area contributed by atoms with Crippen molar-refractivity contribution in [3.63, 3.8) is 0 Å². The molecule has 1 saturated heterocycles. The summed E-state index contributed by atoms with van der Waals surface area (Å²) in [6.45, 7) is 3.86. The molecule has 1 aromatic rings. The second kappa shape index (κ2) is 6.73.